The Balaban J connectivity index is 1.95. The first-order valence-electron chi connectivity index (χ1n) is 9.90. The second-order valence-electron chi connectivity index (χ2n) is 7.69. The molecule has 0 nitrogen and oxygen atoms in total. The maximum absolute atomic E-state index is 15.3. The number of rotatable bonds is 4. The van der Waals surface area contributed by atoms with E-state index in [1.54, 1.807) is 19.1 Å². The average Bonchev–Trinajstić information content (AvgIpc) is 2.97. The van der Waals surface area contributed by atoms with Crippen LogP contribution >= 0.6 is 0 Å². The van der Waals surface area contributed by atoms with Gasteiger partial charge in [-0.15, -0.1) is 0 Å². The van der Waals surface area contributed by atoms with Crippen molar-refractivity contribution in [3.63, 3.8) is 0 Å². The maximum atomic E-state index is 15.3. The molecule has 0 aromatic heterocycles. The number of hydrogen-bond acceptors (Lipinski definition) is 0. The molecule has 1 aliphatic carbocycles. The summed E-state index contributed by atoms with van der Waals surface area (Å²) in [5, 5.41) is -0.519. The highest BCUT2D eigenvalue weighted by molar-refractivity contribution is 5.93. The molecule has 152 valence electrons. The lowest BCUT2D eigenvalue weighted by molar-refractivity contribution is -0.0581. The van der Waals surface area contributed by atoms with Crippen molar-refractivity contribution in [3.05, 3.63) is 70.5 Å². The number of halogens is 5. The summed E-state index contributed by atoms with van der Waals surface area (Å²) in [5.74, 6) is -8.66. The molecule has 29 heavy (non-hydrogen) atoms. The molecule has 0 N–H and O–H groups in total. The van der Waals surface area contributed by atoms with Gasteiger partial charge in [-0.1, -0.05) is 56.7 Å². The Morgan fingerprint density at radius 2 is 1.59 bits per heavy atom. The van der Waals surface area contributed by atoms with Crippen LogP contribution < -0.4 is 0 Å². The highest BCUT2D eigenvalue weighted by atomic mass is 19.3. The number of hydrogen-bond donors (Lipinski definition) is 0. The van der Waals surface area contributed by atoms with Crippen LogP contribution in [0.3, 0.4) is 0 Å². The summed E-state index contributed by atoms with van der Waals surface area (Å²) in [6.45, 7) is 3.76. The standard InChI is InChI=1S/C24H21F5/c1-3-5-15-12-18-17-11-10-16(14-8-6-13(4-2)7-9-14)21(25)19(17)22(26)23(27)20(18)24(15,28)29/h6-11,15H,3-5,12H2,1-2H3. The van der Waals surface area contributed by atoms with Crippen LogP contribution in [0.1, 0.15) is 43.4 Å². The smallest absolute Gasteiger partial charge is 0.206 e. The third-order valence-electron chi connectivity index (χ3n) is 6.01. The molecule has 5 heteroatoms. The van der Waals surface area contributed by atoms with Gasteiger partial charge in [0, 0.05) is 11.5 Å². The van der Waals surface area contributed by atoms with Crippen molar-refractivity contribution in [2.75, 3.05) is 0 Å². The minimum Gasteiger partial charge on any atom is -0.206 e. The summed E-state index contributed by atoms with van der Waals surface area (Å²) < 4.78 is 74.4. The molecular formula is C24H21F5. The number of fused-ring (bicyclic) bond motifs is 3. The molecule has 1 atom stereocenters. The van der Waals surface area contributed by atoms with Gasteiger partial charge in [0.15, 0.2) is 11.6 Å². The quantitative estimate of drug-likeness (QED) is 0.394. The van der Waals surface area contributed by atoms with Crippen LogP contribution in [0.25, 0.3) is 21.9 Å². The van der Waals surface area contributed by atoms with Crippen LogP contribution in [0.5, 0.6) is 0 Å². The Labute approximate surface area is 166 Å². The van der Waals surface area contributed by atoms with E-state index in [0.29, 0.717) is 12.0 Å². The SMILES string of the molecule is CCCC1Cc2c(c(F)c(F)c3c(F)c(-c4ccc(CC)cc4)ccc23)C1(F)F. The van der Waals surface area contributed by atoms with Crippen molar-refractivity contribution in [1.82, 2.24) is 0 Å². The van der Waals surface area contributed by atoms with Crippen molar-refractivity contribution < 1.29 is 22.0 Å². The van der Waals surface area contributed by atoms with E-state index in [2.05, 4.69) is 0 Å². The second kappa shape index (κ2) is 7.12. The molecule has 3 aromatic carbocycles. The molecule has 0 radical (unpaired) electrons. The Kier molecular flexibility index (Phi) is 4.88. The van der Waals surface area contributed by atoms with Gasteiger partial charge >= 0.3 is 0 Å². The number of alkyl halides is 2. The minimum atomic E-state index is -3.46. The molecule has 3 aromatic rings. The molecule has 4 rings (SSSR count). The summed E-state index contributed by atoms with van der Waals surface area (Å²) in [7, 11) is 0. The highest BCUT2D eigenvalue weighted by Gasteiger charge is 2.51. The lowest BCUT2D eigenvalue weighted by Gasteiger charge is -2.20. The van der Waals surface area contributed by atoms with Crippen LogP contribution in [0.4, 0.5) is 22.0 Å². The van der Waals surface area contributed by atoms with E-state index in [9.17, 15) is 17.6 Å². The zero-order valence-electron chi connectivity index (χ0n) is 16.3. The topological polar surface area (TPSA) is 0 Å². The summed E-state index contributed by atoms with van der Waals surface area (Å²) >= 11 is 0. The fourth-order valence-electron chi connectivity index (χ4n) is 4.44. The van der Waals surface area contributed by atoms with Crippen LogP contribution in [0.2, 0.25) is 0 Å². The molecule has 0 saturated carbocycles. The van der Waals surface area contributed by atoms with Crippen molar-refractivity contribution in [3.8, 4) is 11.1 Å². The normalized spacial score (nSPS) is 17.7. The second-order valence-corrected chi connectivity index (χ2v) is 7.69. The Morgan fingerprint density at radius 3 is 2.21 bits per heavy atom. The van der Waals surface area contributed by atoms with Gasteiger partial charge in [-0.3, -0.25) is 0 Å². The monoisotopic (exact) mass is 404 g/mol. The van der Waals surface area contributed by atoms with Gasteiger partial charge in [-0.05, 0) is 41.3 Å². The molecule has 0 saturated heterocycles. The predicted molar refractivity (Wildman–Crippen MR) is 105 cm³/mol. The van der Waals surface area contributed by atoms with E-state index in [-0.39, 0.29) is 29.4 Å². The zero-order chi connectivity index (χ0) is 20.9. The molecule has 0 fully saturated rings. The van der Waals surface area contributed by atoms with E-state index in [1.165, 1.54) is 12.1 Å². The average molecular weight is 404 g/mol. The maximum Gasteiger partial charge on any atom is 0.279 e. The number of benzene rings is 3. The Hall–Kier alpha value is -2.43. The lowest BCUT2D eigenvalue weighted by Crippen LogP contribution is -2.22. The molecule has 0 bridgehead atoms. The Bertz CT molecular complexity index is 1080. The van der Waals surface area contributed by atoms with E-state index in [1.807, 2.05) is 19.1 Å². The molecule has 0 aliphatic heterocycles. The van der Waals surface area contributed by atoms with E-state index >= 15 is 4.39 Å². The summed E-state index contributed by atoms with van der Waals surface area (Å²) in [6.07, 6.45) is 1.42. The third kappa shape index (κ3) is 2.93. The number of aryl methyl sites for hydroxylation is 1. The summed E-state index contributed by atoms with van der Waals surface area (Å²) in [6, 6.07) is 10.0. The van der Waals surface area contributed by atoms with E-state index in [4.69, 9.17) is 0 Å². The first-order chi connectivity index (χ1) is 13.8. The first-order valence-corrected chi connectivity index (χ1v) is 9.90. The van der Waals surface area contributed by atoms with Gasteiger partial charge in [0.05, 0.1) is 10.9 Å². The van der Waals surface area contributed by atoms with Crippen LogP contribution in [0, 0.1) is 23.4 Å². The van der Waals surface area contributed by atoms with Gasteiger partial charge in [-0.2, -0.15) is 0 Å². The predicted octanol–water partition coefficient (Wildman–Crippen LogP) is 7.55. The zero-order valence-corrected chi connectivity index (χ0v) is 16.3. The molecular weight excluding hydrogens is 383 g/mol. The lowest BCUT2D eigenvalue weighted by atomic mass is 9.94. The minimum absolute atomic E-state index is 0.0223. The molecule has 1 unspecified atom stereocenters. The largest absolute Gasteiger partial charge is 0.279 e. The van der Waals surface area contributed by atoms with Crippen molar-refractivity contribution in [1.29, 1.82) is 0 Å². The van der Waals surface area contributed by atoms with Gasteiger partial charge in [0.25, 0.3) is 5.92 Å². The van der Waals surface area contributed by atoms with Crippen molar-refractivity contribution >= 4 is 10.8 Å². The fourth-order valence-corrected chi connectivity index (χ4v) is 4.44. The fraction of sp³-hybridized carbons (Fsp3) is 0.333. The van der Waals surface area contributed by atoms with Gasteiger partial charge in [0.1, 0.15) is 5.82 Å². The van der Waals surface area contributed by atoms with Gasteiger partial charge < -0.3 is 0 Å². The highest BCUT2D eigenvalue weighted by Crippen LogP contribution is 2.52. The molecule has 1 aliphatic rings. The van der Waals surface area contributed by atoms with Crippen LogP contribution in [-0.2, 0) is 18.8 Å². The van der Waals surface area contributed by atoms with E-state index < -0.39 is 40.2 Å². The van der Waals surface area contributed by atoms with Gasteiger partial charge in [-0.25, -0.2) is 22.0 Å². The van der Waals surface area contributed by atoms with E-state index in [0.717, 1.165) is 12.0 Å². The third-order valence-corrected chi connectivity index (χ3v) is 6.01. The molecule has 0 spiro atoms. The van der Waals surface area contributed by atoms with Crippen molar-refractivity contribution in [2.45, 2.75) is 45.5 Å². The van der Waals surface area contributed by atoms with Crippen LogP contribution in [-0.4, -0.2) is 0 Å². The van der Waals surface area contributed by atoms with Crippen LogP contribution in [0.15, 0.2) is 36.4 Å². The molecule has 0 amide bonds. The van der Waals surface area contributed by atoms with Crippen molar-refractivity contribution in [2.24, 2.45) is 5.92 Å². The summed E-state index contributed by atoms with van der Waals surface area (Å²) in [5.41, 5.74) is 0.827. The Morgan fingerprint density at radius 1 is 0.897 bits per heavy atom. The molecule has 0 heterocycles. The van der Waals surface area contributed by atoms with Gasteiger partial charge in [0.2, 0.25) is 0 Å². The first kappa shape index (κ1) is 19.9. The summed E-state index contributed by atoms with van der Waals surface area (Å²) in [4.78, 5) is 0.